The maximum Gasteiger partial charge on any atom is 0.135 e. The summed E-state index contributed by atoms with van der Waals surface area (Å²) in [5.41, 5.74) is 1.23. The molecular weight excluding hydrogens is 344 g/mol. The van der Waals surface area contributed by atoms with Crippen LogP contribution in [0.25, 0.3) is 0 Å². The van der Waals surface area contributed by atoms with Gasteiger partial charge in [-0.2, -0.15) is 0 Å². The fourth-order valence-corrected chi connectivity index (χ4v) is 5.70. The summed E-state index contributed by atoms with van der Waals surface area (Å²) < 4.78 is 5.54. The van der Waals surface area contributed by atoms with Gasteiger partial charge in [0.2, 0.25) is 0 Å². The first-order chi connectivity index (χ1) is 13.6. The highest BCUT2D eigenvalue weighted by molar-refractivity contribution is 5.80. The second kappa shape index (κ2) is 10.8. The molecule has 3 rings (SSSR count). The average molecular weight is 387 g/mol. The lowest BCUT2D eigenvalue weighted by Gasteiger charge is -2.33. The van der Waals surface area contributed by atoms with Gasteiger partial charge in [-0.05, 0) is 50.9 Å². The van der Waals surface area contributed by atoms with Gasteiger partial charge in [0.15, 0.2) is 0 Å². The number of carbonyl (C=O) groups is 1. The van der Waals surface area contributed by atoms with E-state index in [9.17, 15) is 4.79 Å². The van der Waals surface area contributed by atoms with Gasteiger partial charge in [-0.3, -0.25) is 4.79 Å². The Morgan fingerprint density at radius 2 is 1.61 bits per heavy atom. The third-order valence-electron chi connectivity index (χ3n) is 7.80. The molecule has 4 atom stereocenters. The lowest BCUT2D eigenvalue weighted by molar-refractivity contribution is -0.123. The molecule has 3 unspecified atom stereocenters. The van der Waals surface area contributed by atoms with Crippen LogP contribution < -0.4 is 0 Å². The molecule has 0 radical (unpaired) electrons. The minimum absolute atomic E-state index is 0.146. The Kier molecular flexibility index (Phi) is 8.38. The zero-order valence-electron chi connectivity index (χ0n) is 18.4. The van der Waals surface area contributed by atoms with Gasteiger partial charge in [-0.1, -0.05) is 81.6 Å². The molecular formula is C26H42O2. The van der Waals surface area contributed by atoms with Crippen LogP contribution in [0.3, 0.4) is 0 Å². The van der Waals surface area contributed by atoms with E-state index in [1.165, 1.54) is 63.4 Å². The van der Waals surface area contributed by atoms with E-state index >= 15 is 0 Å². The van der Waals surface area contributed by atoms with Crippen LogP contribution in [0.1, 0.15) is 103 Å². The fourth-order valence-electron chi connectivity index (χ4n) is 5.70. The van der Waals surface area contributed by atoms with Crippen molar-refractivity contribution in [2.75, 3.05) is 7.11 Å². The zero-order valence-corrected chi connectivity index (χ0v) is 18.4. The minimum atomic E-state index is -0.146. The molecule has 0 aromatic rings. The van der Waals surface area contributed by atoms with Gasteiger partial charge in [0.1, 0.15) is 5.78 Å². The van der Waals surface area contributed by atoms with Crippen molar-refractivity contribution in [1.82, 2.24) is 0 Å². The van der Waals surface area contributed by atoms with Crippen LogP contribution in [-0.2, 0) is 9.53 Å². The Bertz CT molecular complexity index is 561. The number of hydrogen-bond donors (Lipinski definition) is 0. The number of rotatable bonds is 6. The van der Waals surface area contributed by atoms with Gasteiger partial charge in [0.05, 0.1) is 5.60 Å². The van der Waals surface area contributed by atoms with Crippen molar-refractivity contribution >= 4 is 5.78 Å². The van der Waals surface area contributed by atoms with Crippen molar-refractivity contribution in [3.8, 4) is 0 Å². The number of methoxy groups -OCH3 is 1. The molecule has 0 spiro atoms. The van der Waals surface area contributed by atoms with Gasteiger partial charge in [-0.25, -0.2) is 0 Å². The molecule has 158 valence electrons. The number of Topliss-reactive ketones (excluding diaryl/α,β-unsaturated/α-hetero) is 1. The van der Waals surface area contributed by atoms with Crippen molar-refractivity contribution in [3.05, 3.63) is 23.8 Å². The van der Waals surface area contributed by atoms with E-state index in [2.05, 4.69) is 25.2 Å². The van der Waals surface area contributed by atoms with Crippen LogP contribution in [0.4, 0.5) is 0 Å². The maximum absolute atomic E-state index is 12.9. The monoisotopic (exact) mass is 386 g/mol. The molecule has 3 aliphatic rings. The Labute approximate surface area is 173 Å². The summed E-state index contributed by atoms with van der Waals surface area (Å²) in [6, 6.07) is 0. The maximum atomic E-state index is 12.9. The third kappa shape index (κ3) is 6.31. The lowest BCUT2D eigenvalue weighted by atomic mass is 9.73. The second-order valence-corrected chi connectivity index (χ2v) is 9.87. The summed E-state index contributed by atoms with van der Waals surface area (Å²) in [6.07, 6.45) is 25.2. The molecule has 0 aromatic heterocycles. The molecule has 0 saturated heterocycles. The Hall–Kier alpha value is -0.890. The second-order valence-electron chi connectivity index (χ2n) is 9.87. The molecule has 0 heterocycles. The van der Waals surface area contributed by atoms with Crippen LogP contribution in [0.15, 0.2) is 23.8 Å². The summed E-state index contributed by atoms with van der Waals surface area (Å²) >= 11 is 0. The normalized spacial score (nSPS) is 34.4. The highest BCUT2D eigenvalue weighted by Crippen LogP contribution is 2.38. The number of ketones is 1. The number of fused-ring (bicyclic) bond motifs is 1. The molecule has 28 heavy (non-hydrogen) atoms. The standard InChI is InChI=1S/C26H42O2/c1-26(28-2)19-17-21(18-20-26)9-7-16-25(27)24-13-6-5-11-22-10-3-4-12-23(22)14-8-15-24/h17-19,22-24H,3-16,20H2,1-2H3/t22?,23-,24?,26?/m1/s1. The third-order valence-corrected chi connectivity index (χ3v) is 7.80. The molecule has 0 aliphatic heterocycles. The van der Waals surface area contributed by atoms with Crippen LogP contribution >= 0.6 is 0 Å². The number of hydrogen-bond acceptors (Lipinski definition) is 2. The van der Waals surface area contributed by atoms with Gasteiger partial charge in [0, 0.05) is 19.4 Å². The van der Waals surface area contributed by atoms with Crippen molar-refractivity contribution < 1.29 is 9.53 Å². The Morgan fingerprint density at radius 3 is 2.21 bits per heavy atom. The molecule has 0 amide bonds. The first-order valence-corrected chi connectivity index (χ1v) is 12.1. The fraction of sp³-hybridized carbons (Fsp3) is 0.808. The van der Waals surface area contributed by atoms with Gasteiger partial charge in [-0.15, -0.1) is 0 Å². The SMILES string of the molecule is COC1(C)C=CC(CCCC(=O)C2CCCCC3CCCC[C@@H]3CCC2)=CC1. The van der Waals surface area contributed by atoms with Crippen LogP contribution in [0.2, 0.25) is 0 Å². The molecule has 0 bridgehead atoms. The predicted octanol–water partition coefficient (Wildman–Crippen LogP) is 7.18. The highest BCUT2D eigenvalue weighted by atomic mass is 16.5. The van der Waals surface area contributed by atoms with E-state index in [4.69, 9.17) is 4.74 Å². The van der Waals surface area contributed by atoms with Crippen molar-refractivity contribution in [3.63, 3.8) is 0 Å². The van der Waals surface area contributed by atoms with Crippen molar-refractivity contribution in [2.24, 2.45) is 17.8 Å². The largest absolute Gasteiger partial charge is 0.374 e. The number of carbonyl (C=O) groups excluding carboxylic acids is 1. The topological polar surface area (TPSA) is 26.3 Å². The van der Waals surface area contributed by atoms with E-state index in [-0.39, 0.29) is 5.60 Å². The lowest BCUT2D eigenvalue weighted by Crippen LogP contribution is -2.25. The minimum Gasteiger partial charge on any atom is -0.374 e. The molecule has 0 aromatic carbocycles. The average Bonchev–Trinajstić information content (AvgIpc) is 2.72. The van der Waals surface area contributed by atoms with Crippen molar-refractivity contribution in [2.45, 2.75) is 109 Å². The molecule has 2 heteroatoms. The zero-order chi connectivity index (χ0) is 19.8. The quantitative estimate of drug-likeness (QED) is 0.483. The van der Waals surface area contributed by atoms with Crippen LogP contribution in [0.5, 0.6) is 0 Å². The summed E-state index contributed by atoms with van der Waals surface area (Å²) in [5, 5.41) is 0. The molecule has 2 fully saturated rings. The molecule has 2 saturated carbocycles. The number of ether oxygens (including phenoxy) is 1. The molecule has 2 nitrogen and oxygen atoms in total. The van der Waals surface area contributed by atoms with E-state index < -0.39 is 0 Å². The summed E-state index contributed by atoms with van der Waals surface area (Å²) in [6.45, 7) is 2.12. The number of allylic oxidation sites excluding steroid dienone is 2. The van der Waals surface area contributed by atoms with Crippen molar-refractivity contribution in [1.29, 1.82) is 0 Å². The van der Waals surface area contributed by atoms with Gasteiger partial charge in [0.25, 0.3) is 0 Å². The first-order valence-electron chi connectivity index (χ1n) is 12.1. The summed E-state index contributed by atoms with van der Waals surface area (Å²) in [5.74, 6) is 2.85. The predicted molar refractivity (Wildman–Crippen MR) is 117 cm³/mol. The van der Waals surface area contributed by atoms with Crippen LogP contribution in [0, 0.1) is 17.8 Å². The highest BCUT2D eigenvalue weighted by Gasteiger charge is 2.27. The summed E-state index contributed by atoms with van der Waals surface area (Å²) in [4.78, 5) is 12.9. The van der Waals surface area contributed by atoms with Gasteiger partial charge < -0.3 is 4.74 Å². The van der Waals surface area contributed by atoms with Crippen LogP contribution in [-0.4, -0.2) is 18.5 Å². The smallest absolute Gasteiger partial charge is 0.135 e. The molecule has 0 N–H and O–H groups in total. The van der Waals surface area contributed by atoms with E-state index in [0.29, 0.717) is 11.7 Å². The Balaban J connectivity index is 1.40. The van der Waals surface area contributed by atoms with Gasteiger partial charge >= 0.3 is 0 Å². The van der Waals surface area contributed by atoms with E-state index in [1.807, 2.05) is 0 Å². The first kappa shape index (κ1) is 21.8. The Morgan fingerprint density at radius 1 is 1.00 bits per heavy atom. The van der Waals surface area contributed by atoms with E-state index in [1.54, 1.807) is 7.11 Å². The van der Waals surface area contributed by atoms with E-state index in [0.717, 1.165) is 50.4 Å². The molecule has 3 aliphatic carbocycles. The summed E-state index contributed by atoms with van der Waals surface area (Å²) in [7, 11) is 1.77.